The monoisotopic (exact) mass is 311 g/mol. The van der Waals surface area contributed by atoms with E-state index in [1.165, 1.54) is 10.6 Å². The Balaban J connectivity index is 1.98. The van der Waals surface area contributed by atoms with Crippen molar-refractivity contribution >= 4 is 21.6 Å². The number of nitrogens with two attached hydrogens (primary N) is 1. The lowest BCUT2D eigenvalue weighted by Gasteiger charge is -2.30. The van der Waals surface area contributed by atoms with E-state index in [-0.39, 0.29) is 11.9 Å². The number of piperidine rings is 1. The molecule has 0 saturated carbocycles. The van der Waals surface area contributed by atoms with Crippen molar-refractivity contribution in [2.24, 2.45) is 0 Å². The zero-order valence-electron chi connectivity index (χ0n) is 12.3. The highest BCUT2D eigenvalue weighted by atomic mass is 32.2. The van der Waals surface area contributed by atoms with Crippen LogP contribution in [0.25, 0.3) is 0 Å². The normalized spacial score (nSPS) is 17.6. The molecule has 116 valence electrons. The van der Waals surface area contributed by atoms with Gasteiger partial charge >= 0.3 is 0 Å². The highest BCUT2D eigenvalue weighted by Crippen LogP contribution is 2.18. The molecular weight excluding hydrogens is 290 g/mol. The Morgan fingerprint density at radius 3 is 2.52 bits per heavy atom. The molecule has 0 aliphatic carbocycles. The van der Waals surface area contributed by atoms with Gasteiger partial charge in [0.05, 0.1) is 11.8 Å². The predicted molar refractivity (Wildman–Crippen MR) is 82.5 cm³/mol. The van der Waals surface area contributed by atoms with Crippen molar-refractivity contribution in [2.75, 3.05) is 25.1 Å². The zero-order valence-corrected chi connectivity index (χ0v) is 13.1. The maximum absolute atomic E-state index is 12.2. The number of nitrogens with one attached hydrogen (secondary N) is 1. The van der Waals surface area contributed by atoms with Crippen molar-refractivity contribution < 1.29 is 13.2 Å². The Bertz CT molecular complexity index is 635. The van der Waals surface area contributed by atoms with Gasteiger partial charge in [-0.15, -0.1) is 0 Å². The van der Waals surface area contributed by atoms with E-state index < -0.39 is 10.0 Å². The molecule has 1 aromatic carbocycles. The molecule has 0 unspecified atom stereocenters. The van der Waals surface area contributed by atoms with Crippen molar-refractivity contribution in [1.82, 2.24) is 9.62 Å². The average Bonchev–Trinajstić information content (AvgIpc) is 2.41. The molecule has 0 radical (unpaired) electrons. The molecule has 0 aromatic heterocycles. The molecule has 1 saturated heterocycles. The molecule has 2 rings (SSSR count). The summed E-state index contributed by atoms with van der Waals surface area (Å²) in [7, 11) is -3.14. The molecule has 1 aliphatic rings. The van der Waals surface area contributed by atoms with E-state index in [4.69, 9.17) is 5.73 Å². The number of hydrogen-bond donors (Lipinski definition) is 2. The van der Waals surface area contributed by atoms with Crippen LogP contribution < -0.4 is 11.1 Å². The van der Waals surface area contributed by atoms with Gasteiger partial charge in [-0.05, 0) is 31.4 Å². The number of anilines is 1. The molecule has 0 spiro atoms. The Hall–Kier alpha value is -1.60. The molecule has 6 nitrogen and oxygen atoms in total. The number of benzene rings is 1. The lowest BCUT2D eigenvalue weighted by molar-refractivity contribution is 0.0925. The third-order valence-electron chi connectivity index (χ3n) is 3.83. The smallest absolute Gasteiger partial charge is 0.253 e. The van der Waals surface area contributed by atoms with Crippen molar-refractivity contribution in [3.63, 3.8) is 0 Å². The van der Waals surface area contributed by atoms with Crippen LogP contribution in [0.5, 0.6) is 0 Å². The number of nitrogens with zero attached hydrogens (tertiary/aromatic N) is 1. The van der Waals surface area contributed by atoms with Gasteiger partial charge < -0.3 is 11.1 Å². The van der Waals surface area contributed by atoms with E-state index in [0.29, 0.717) is 37.2 Å². The SMILES string of the molecule is Cc1cccc(C(=O)NC2CCN(S(C)(=O)=O)CC2)c1N. The summed E-state index contributed by atoms with van der Waals surface area (Å²) < 4.78 is 24.3. The molecular formula is C14H21N3O3S. The van der Waals surface area contributed by atoms with Crippen LogP contribution in [0.3, 0.4) is 0 Å². The number of para-hydroxylation sites is 1. The minimum atomic E-state index is -3.14. The van der Waals surface area contributed by atoms with Crippen LogP contribution in [0, 0.1) is 6.92 Å². The molecule has 3 N–H and O–H groups in total. The van der Waals surface area contributed by atoms with Crippen LogP contribution in [0.1, 0.15) is 28.8 Å². The summed E-state index contributed by atoms with van der Waals surface area (Å²) in [5.41, 5.74) is 7.75. The second-order valence-electron chi connectivity index (χ2n) is 5.45. The van der Waals surface area contributed by atoms with Gasteiger partial charge in [0, 0.05) is 24.8 Å². The van der Waals surface area contributed by atoms with Crippen LogP contribution in [0.15, 0.2) is 18.2 Å². The van der Waals surface area contributed by atoms with E-state index in [1.807, 2.05) is 13.0 Å². The number of nitrogen functional groups attached to an aromatic ring is 1. The van der Waals surface area contributed by atoms with E-state index in [0.717, 1.165) is 5.56 Å². The molecule has 1 fully saturated rings. The predicted octanol–water partition coefficient (Wildman–Crippen LogP) is 0.731. The number of sulfonamides is 1. The van der Waals surface area contributed by atoms with Crippen molar-refractivity contribution in [1.29, 1.82) is 0 Å². The van der Waals surface area contributed by atoms with Crippen molar-refractivity contribution in [3.05, 3.63) is 29.3 Å². The van der Waals surface area contributed by atoms with Crippen LogP contribution in [0.4, 0.5) is 5.69 Å². The maximum atomic E-state index is 12.2. The average molecular weight is 311 g/mol. The minimum Gasteiger partial charge on any atom is -0.398 e. The summed E-state index contributed by atoms with van der Waals surface area (Å²) in [6.45, 7) is 2.73. The molecule has 21 heavy (non-hydrogen) atoms. The van der Waals surface area contributed by atoms with Crippen molar-refractivity contribution in [2.45, 2.75) is 25.8 Å². The fourth-order valence-corrected chi connectivity index (χ4v) is 3.35. The number of carbonyl (C=O) groups excluding carboxylic acids is 1. The molecule has 7 heteroatoms. The maximum Gasteiger partial charge on any atom is 0.253 e. The molecule has 0 atom stereocenters. The van der Waals surface area contributed by atoms with Gasteiger partial charge in [0.2, 0.25) is 10.0 Å². The van der Waals surface area contributed by atoms with Gasteiger partial charge in [-0.3, -0.25) is 4.79 Å². The fraction of sp³-hybridized carbons (Fsp3) is 0.500. The van der Waals surface area contributed by atoms with E-state index in [1.54, 1.807) is 12.1 Å². The Morgan fingerprint density at radius 1 is 1.33 bits per heavy atom. The topological polar surface area (TPSA) is 92.5 Å². The second kappa shape index (κ2) is 6.03. The number of rotatable bonds is 3. The largest absolute Gasteiger partial charge is 0.398 e. The molecule has 1 amide bonds. The first-order valence-corrected chi connectivity index (χ1v) is 8.75. The lowest BCUT2D eigenvalue weighted by atomic mass is 10.0. The van der Waals surface area contributed by atoms with Crippen LogP contribution in [-0.4, -0.2) is 44.0 Å². The summed E-state index contributed by atoms with van der Waals surface area (Å²) in [6, 6.07) is 5.34. The van der Waals surface area contributed by atoms with Crippen LogP contribution in [-0.2, 0) is 10.0 Å². The molecule has 0 bridgehead atoms. The fourth-order valence-electron chi connectivity index (χ4n) is 2.47. The number of aryl methyl sites for hydroxylation is 1. The van der Waals surface area contributed by atoms with Gasteiger partial charge in [-0.2, -0.15) is 0 Å². The first kappa shape index (κ1) is 15.8. The van der Waals surface area contributed by atoms with E-state index >= 15 is 0 Å². The first-order chi connectivity index (χ1) is 9.79. The van der Waals surface area contributed by atoms with Crippen LogP contribution in [0.2, 0.25) is 0 Å². The number of hydrogen-bond acceptors (Lipinski definition) is 4. The van der Waals surface area contributed by atoms with Gasteiger partial charge in [0.1, 0.15) is 0 Å². The summed E-state index contributed by atoms with van der Waals surface area (Å²) in [6.07, 6.45) is 2.44. The van der Waals surface area contributed by atoms with Gasteiger partial charge in [0.15, 0.2) is 0 Å². The number of carbonyl (C=O) groups is 1. The first-order valence-electron chi connectivity index (χ1n) is 6.90. The Kier molecular flexibility index (Phi) is 4.53. The van der Waals surface area contributed by atoms with Crippen LogP contribution >= 0.6 is 0 Å². The van der Waals surface area contributed by atoms with Gasteiger partial charge in [-0.25, -0.2) is 12.7 Å². The summed E-state index contributed by atoms with van der Waals surface area (Å²) in [5, 5.41) is 2.93. The Morgan fingerprint density at radius 2 is 1.95 bits per heavy atom. The Labute approximate surface area is 125 Å². The summed E-state index contributed by atoms with van der Waals surface area (Å²) >= 11 is 0. The second-order valence-corrected chi connectivity index (χ2v) is 7.43. The summed E-state index contributed by atoms with van der Waals surface area (Å²) in [4.78, 5) is 12.2. The van der Waals surface area contributed by atoms with E-state index in [2.05, 4.69) is 5.32 Å². The third kappa shape index (κ3) is 3.74. The quantitative estimate of drug-likeness (QED) is 0.805. The standard InChI is InChI=1S/C14H21N3O3S/c1-10-4-3-5-12(13(10)15)14(18)16-11-6-8-17(9-7-11)21(2,19)20/h3-5,11H,6-9,15H2,1-2H3,(H,16,18). The zero-order chi connectivity index (χ0) is 15.6. The molecule has 1 aliphatic heterocycles. The van der Waals surface area contributed by atoms with Gasteiger partial charge in [-0.1, -0.05) is 12.1 Å². The summed E-state index contributed by atoms with van der Waals surface area (Å²) in [5.74, 6) is -0.200. The highest BCUT2D eigenvalue weighted by molar-refractivity contribution is 7.88. The number of amides is 1. The van der Waals surface area contributed by atoms with E-state index in [9.17, 15) is 13.2 Å². The van der Waals surface area contributed by atoms with Gasteiger partial charge in [0.25, 0.3) is 5.91 Å². The third-order valence-corrected chi connectivity index (χ3v) is 5.13. The molecule has 1 aromatic rings. The van der Waals surface area contributed by atoms with Crippen molar-refractivity contribution in [3.8, 4) is 0 Å². The minimum absolute atomic E-state index is 0.0181. The lowest BCUT2D eigenvalue weighted by Crippen LogP contribution is -2.46. The highest BCUT2D eigenvalue weighted by Gasteiger charge is 2.26. The molecule has 1 heterocycles.